The van der Waals surface area contributed by atoms with E-state index in [0.717, 1.165) is 24.1 Å². The molecule has 0 unspecified atom stereocenters. The number of benzene rings is 1. The Bertz CT molecular complexity index is 492. The van der Waals surface area contributed by atoms with Crippen LogP contribution in [0, 0.1) is 0 Å². The highest BCUT2D eigenvalue weighted by Crippen LogP contribution is 2.27. The molecule has 1 aromatic rings. The molecule has 0 atom stereocenters. The Morgan fingerprint density at radius 2 is 1.70 bits per heavy atom. The Hall–Kier alpha value is -1.26. The molecule has 2 heterocycles. The average Bonchev–Trinajstić information content (AvgIpc) is 2.63. The zero-order valence-electron chi connectivity index (χ0n) is 14.6. The van der Waals surface area contributed by atoms with Gasteiger partial charge in [-0.25, -0.2) is 0 Å². The number of hydrogen-bond donors (Lipinski definition) is 0. The first-order chi connectivity index (χ1) is 11.3. The first-order valence-corrected chi connectivity index (χ1v) is 8.97. The molecule has 1 aromatic carbocycles. The monoisotopic (exact) mass is 318 g/mol. The smallest absolute Gasteiger partial charge is 0.123 e. The molecular formula is C19H30N2O2. The van der Waals surface area contributed by atoms with Gasteiger partial charge >= 0.3 is 0 Å². The Kier molecular flexibility index (Phi) is 5.79. The van der Waals surface area contributed by atoms with Crippen molar-refractivity contribution in [3.8, 4) is 11.5 Å². The maximum Gasteiger partial charge on any atom is 0.123 e. The maximum atomic E-state index is 5.51. The zero-order chi connectivity index (χ0) is 16.1. The Balaban J connectivity index is 1.56. The number of rotatable bonds is 5. The lowest BCUT2D eigenvalue weighted by molar-refractivity contribution is 0.0893. The SMILES string of the molecule is COc1ccc(OC)c(CN2CCC(N3CCCCC3)CC2)c1. The van der Waals surface area contributed by atoms with Gasteiger partial charge < -0.3 is 14.4 Å². The molecule has 4 heteroatoms. The largest absolute Gasteiger partial charge is 0.497 e. The van der Waals surface area contributed by atoms with Gasteiger partial charge in [0.05, 0.1) is 14.2 Å². The van der Waals surface area contributed by atoms with Crippen LogP contribution in [0.25, 0.3) is 0 Å². The van der Waals surface area contributed by atoms with E-state index in [9.17, 15) is 0 Å². The fourth-order valence-corrected chi connectivity index (χ4v) is 3.97. The lowest BCUT2D eigenvalue weighted by Crippen LogP contribution is -2.46. The molecule has 23 heavy (non-hydrogen) atoms. The summed E-state index contributed by atoms with van der Waals surface area (Å²) in [7, 11) is 3.46. The predicted octanol–water partition coefficient (Wildman–Crippen LogP) is 3.15. The molecule has 0 spiro atoms. The second-order valence-electron chi connectivity index (χ2n) is 6.78. The standard InChI is InChI=1S/C19H30N2O2/c1-22-18-6-7-19(23-2)16(14-18)15-20-12-8-17(9-13-20)21-10-4-3-5-11-21/h6-7,14,17H,3-5,8-13,15H2,1-2H3. The second-order valence-corrected chi connectivity index (χ2v) is 6.78. The van der Waals surface area contributed by atoms with Crippen molar-refractivity contribution in [2.24, 2.45) is 0 Å². The van der Waals surface area contributed by atoms with Crippen LogP contribution in [0.3, 0.4) is 0 Å². The van der Waals surface area contributed by atoms with E-state index in [0.29, 0.717) is 0 Å². The van der Waals surface area contributed by atoms with E-state index in [2.05, 4.69) is 15.9 Å². The maximum absolute atomic E-state index is 5.51. The Morgan fingerprint density at radius 3 is 2.35 bits per heavy atom. The number of likely N-dealkylation sites (tertiary alicyclic amines) is 2. The van der Waals surface area contributed by atoms with Crippen molar-refractivity contribution in [1.82, 2.24) is 9.80 Å². The third-order valence-corrected chi connectivity index (χ3v) is 5.35. The van der Waals surface area contributed by atoms with E-state index >= 15 is 0 Å². The fraction of sp³-hybridized carbons (Fsp3) is 0.684. The van der Waals surface area contributed by atoms with Gasteiger partial charge in [-0.1, -0.05) is 6.42 Å². The molecule has 2 aliphatic rings. The van der Waals surface area contributed by atoms with Crippen molar-refractivity contribution in [1.29, 1.82) is 0 Å². The van der Waals surface area contributed by atoms with E-state index < -0.39 is 0 Å². The van der Waals surface area contributed by atoms with E-state index in [4.69, 9.17) is 9.47 Å². The summed E-state index contributed by atoms with van der Waals surface area (Å²) in [5, 5.41) is 0. The van der Waals surface area contributed by atoms with Gasteiger partial charge in [-0.3, -0.25) is 4.90 Å². The topological polar surface area (TPSA) is 24.9 Å². The third kappa shape index (κ3) is 4.18. The molecule has 0 N–H and O–H groups in total. The van der Waals surface area contributed by atoms with Gasteiger partial charge in [0.1, 0.15) is 11.5 Å². The molecule has 0 amide bonds. The summed E-state index contributed by atoms with van der Waals surface area (Å²) >= 11 is 0. The van der Waals surface area contributed by atoms with Gasteiger partial charge in [0.2, 0.25) is 0 Å². The lowest BCUT2D eigenvalue weighted by Gasteiger charge is -2.40. The van der Waals surface area contributed by atoms with Gasteiger partial charge in [-0.15, -0.1) is 0 Å². The van der Waals surface area contributed by atoms with E-state index in [-0.39, 0.29) is 0 Å². The van der Waals surface area contributed by atoms with Gasteiger partial charge in [-0.05, 0) is 70.1 Å². The first kappa shape index (κ1) is 16.6. The lowest BCUT2D eigenvalue weighted by atomic mass is 9.99. The average molecular weight is 318 g/mol. The molecule has 0 aliphatic carbocycles. The number of nitrogens with zero attached hydrogens (tertiary/aromatic N) is 2. The first-order valence-electron chi connectivity index (χ1n) is 8.97. The highest BCUT2D eigenvalue weighted by atomic mass is 16.5. The molecule has 0 radical (unpaired) electrons. The third-order valence-electron chi connectivity index (χ3n) is 5.35. The Labute approximate surface area is 140 Å². The molecule has 128 valence electrons. The number of ether oxygens (including phenoxy) is 2. The van der Waals surface area contributed by atoms with E-state index in [1.165, 1.54) is 63.8 Å². The number of hydrogen-bond acceptors (Lipinski definition) is 4. The number of methoxy groups -OCH3 is 2. The molecule has 0 aromatic heterocycles. The van der Waals surface area contributed by atoms with Gasteiger partial charge in [0.15, 0.2) is 0 Å². The van der Waals surface area contributed by atoms with Crippen molar-refractivity contribution < 1.29 is 9.47 Å². The molecule has 0 bridgehead atoms. The summed E-state index contributed by atoms with van der Waals surface area (Å²) in [5.74, 6) is 1.87. The minimum Gasteiger partial charge on any atom is -0.497 e. The van der Waals surface area contributed by atoms with Crippen LogP contribution in [0.1, 0.15) is 37.7 Å². The van der Waals surface area contributed by atoms with Crippen molar-refractivity contribution in [2.45, 2.75) is 44.7 Å². The van der Waals surface area contributed by atoms with Crippen LogP contribution in [-0.4, -0.2) is 56.2 Å². The molecule has 4 nitrogen and oxygen atoms in total. The van der Waals surface area contributed by atoms with Crippen LogP contribution in [0.15, 0.2) is 18.2 Å². The molecular weight excluding hydrogens is 288 g/mol. The highest BCUT2D eigenvalue weighted by Gasteiger charge is 2.25. The van der Waals surface area contributed by atoms with E-state index in [1.807, 2.05) is 12.1 Å². The van der Waals surface area contributed by atoms with E-state index in [1.54, 1.807) is 14.2 Å². The highest BCUT2D eigenvalue weighted by molar-refractivity contribution is 5.40. The van der Waals surface area contributed by atoms with Crippen LogP contribution >= 0.6 is 0 Å². The second kappa shape index (κ2) is 8.02. The van der Waals surface area contributed by atoms with Crippen LogP contribution < -0.4 is 9.47 Å². The van der Waals surface area contributed by atoms with Crippen LogP contribution in [0.5, 0.6) is 11.5 Å². The van der Waals surface area contributed by atoms with Crippen molar-refractivity contribution >= 4 is 0 Å². The van der Waals surface area contributed by atoms with Crippen LogP contribution in [0.4, 0.5) is 0 Å². The van der Waals surface area contributed by atoms with Crippen molar-refractivity contribution in [2.75, 3.05) is 40.4 Å². The molecule has 3 rings (SSSR count). The predicted molar refractivity (Wildman–Crippen MR) is 93.3 cm³/mol. The molecule has 2 aliphatic heterocycles. The van der Waals surface area contributed by atoms with Gasteiger partial charge in [-0.2, -0.15) is 0 Å². The van der Waals surface area contributed by atoms with Gasteiger partial charge in [0.25, 0.3) is 0 Å². The quantitative estimate of drug-likeness (QED) is 0.832. The number of piperidine rings is 2. The fourth-order valence-electron chi connectivity index (χ4n) is 3.97. The molecule has 0 saturated carbocycles. The summed E-state index contributed by atoms with van der Waals surface area (Å²) in [6.07, 6.45) is 6.80. The van der Waals surface area contributed by atoms with Gasteiger partial charge in [0, 0.05) is 18.2 Å². The summed E-state index contributed by atoms with van der Waals surface area (Å²) in [6.45, 7) is 5.94. The minimum absolute atomic E-state index is 0.804. The van der Waals surface area contributed by atoms with Crippen LogP contribution in [0.2, 0.25) is 0 Å². The summed E-state index contributed by atoms with van der Waals surface area (Å²) in [4.78, 5) is 5.28. The zero-order valence-corrected chi connectivity index (χ0v) is 14.6. The Morgan fingerprint density at radius 1 is 0.957 bits per heavy atom. The molecule has 2 saturated heterocycles. The summed E-state index contributed by atoms with van der Waals surface area (Å²) < 4.78 is 10.9. The summed E-state index contributed by atoms with van der Waals surface area (Å²) in [6, 6.07) is 6.88. The van der Waals surface area contributed by atoms with Crippen molar-refractivity contribution in [3.63, 3.8) is 0 Å². The van der Waals surface area contributed by atoms with Crippen molar-refractivity contribution in [3.05, 3.63) is 23.8 Å². The molecule has 2 fully saturated rings. The summed E-state index contributed by atoms with van der Waals surface area (Å²) in [5.41, 5.74) is 1.23. The minimum atomic E-state index is 0.804. The van der Waals surface area contributed by atoms with Crippen LogP contribution in [-0.2, 0) is 6.54 Å². The normalized spacial score (nSPS) is 21.3.